The van der Waals surface area contributed by atoms with Crippen LogP contribution in [0.4, 0.5) is 5.69 Å². The number of benzene rings is 1. The molecule has 0 unspecified atom stereocenters. The molecule has 6 heteroatoms. The molecule has 1 aromatic carbocycles. The van der Waals surface area contributed by atoms with Crippen molar-refractivity contribution >= 4 is 50.7 Å². The third kappa shape index (κ3) is 2.87. The predicted octanol–water partition coefficient (Wildman–Crippen LogP) is 5.14. The Morgan fingerprint density at radius 2 is 2.00 bits per heavy atom. The van der Waals surface area contributed by atoms with Gasteiger partial charge in [0.1, 0.15) is 5.69 Å². The maximum Gasteiger partial charge on any atom is 0.272 e. The van der Waals surface area contributed by atoms with E-state index in [0.717, 1.165) is 17.3 Å². The number of aromatic nitrogens is 1. The number of carbonyl (C=O) groups is 1. The van der Waals surface area contributed by atoms with E-state index in [9.17, 15) is 4.79 Å². The number of anilines is 1. The van der Waals surface area contributed by atoms with E-state index in [0.29, 0.717) is 27.5 Å². The fourth-order valence-electron chi connectivity index (χ4n) is 2.05. The molecule has 0 radical (unpaired) electrons. The summed E-state index contributed by atoms with van der Waals surface area (Å²) in [4.78, 5) is 12.3. The zero-order valence-electron chi connectivity index (χ0n) is 10.4. The highest BCUT2D eigenvalue weighted by molar-refractivity contribution is 9.10. The summed E-state index contributed by atoms with van der Waals surface area (Å²) in [7, 11) is 0. The first-order chi connectivity index (χ1) is 9.54. The monoisotopic (exact) mass is 372 g/mol. The Morgan fingerprint density at radius 1 is 1.25 bits per heavy atom. The molecule has 1 aliphatic rings. The molecule has 3 nitrogen and oxygen atoms in total. The van der Waals surface area contributed by atoms with Crippen LogP contribution in [0.5, 0.6) is 0 Å². The molecule has 20 heavy (non-hydrogen) atoms. The minimum atomic E-state index is -0.152. The van der Waals surface area contributed by atoms with Gasteiger partial charge in [0, 0.05) is 22.4 Å². The first-order valence-corrected chi connectivity index (χ1v) is 7.73. The fourth-order valence-corrected chi connectivity index (χ4v) is 2.79. The quantitative estimate of drug-likeness (QED) is 0.793. The fraction of sp³-hybridized carbons (Fsp3) is 0.214. The molecule has 0 aliphatic heterocycles. The highest BCUT2D eigenvalue weighted by atomic mass is 79.9. The van der Waals surface area contributed by atoms with Crippen molar-refractivity contribution < 1.29 is 4.79 Å². The summed E-state index contributed by atoms with van der Waals surface area (Å²) in [6.07, 6.45) is 4.18. The number of rotatable bonds is 3. The van der Waals surface area contributed by atoms with Crippen molar-refractivity contribution in [3.8, 4) is 0 Å². The average Bonchev–Trinajstić information content (AvgIpc) is 3.17. The largest absolute Gasteiger partial charge is 0.339 e. The molecule has 1 N–H and O–H groups in total. The number of hydrogen-bond donors (Lipinski definition) is 1. The van der Waals surface area contributed by atoms with Crippen molar-refractivity contribution in [1.82, 2.24) is 4.57 Å². The minimum Gasteiger partial charge on any atom is -0.339 e. The lowest BCUT2D eigenvalue weighted by Crippen LogP contribution is -2.16. The molecule has 104 valence electrons. The summed E-state index contributed by atoms with van der Waals surface area (Å²) >= 11 is 15.2. The Kier molecular flexibility index (Phi) is 3.80. The van der Waals surface area contributed by atoms with Gasteiger partial charge in [0.15, 0.2) is 0 Å². The molecule has 0 atom stereocenters. The van der Waals surface area contributed by atoms with Gasteiger partial charge in [0.05, 0.1) is 10.0 Å². The van der Waals surface area contributed by atoms with E-state index in [2.05, 4.69) is 21.2 Å². The molecular weight excluding hydrogens is 363 g/mol. The minimum absolute atomic E-state index is 0.152. The van der Waals surface area contributed by atoms with E-state index >= 15 is 0 Å². The third-order valence-electron chi connectivity index (χ3n) is 3.17. The van der Waals surface area contributed by atoms with E-state index in [1.165, 1.54) is 0 Å². The number of nitrogens with zero attached hydrogens (tertiary/aromatic N) is 1. The van der Waals surface area contributed by atoms with Crippen LogP contribution in [0.15, 0.2) is 34.9 Å². The maximum absolute atomic E-state index is 12.3. The van der Waals surface area contributed by atoms with Gasteiger partial charge in [-0.1, -0.05) is 23.2 Å². The van der Waals surface area contributed by atoms with Crippen LogP contribution in [0.3, 0.4) is 0 Å². The van der Waals surface area contributed by atoms with E-state index in [4.69, 9.17) is 23.2 Å². The summed E-state index contributed by atoms with van der Waals surface area (Å²) in [5, 5.41) is 3.73. The number of carbonyl (C=O) groups excluding carboxylic acids is 1. The van der Waals surface area contributed by atoms with Gasteiger partial charge in [0.25, 0.3) is 5.91 Å². The molecule has 1 aliphatic carbocycles. The van der Waals surface area contributed by atoms with Gasteiger partial charge in [-0.25, -0.2) is 0 Å². The molecule has 0 bridgehead atoms. The van der Waals surface area contributed by atoms with Gasteiger partial charge in [-0.2, -0.15) is 0 Å². The summed E-state index contributed by atoms with van der Waals surface area (Å²) < 4.78 is 2.92. The van der Waals surface area contributed by atoms with Gasteiger partial charge >= 0.3 is 0 Å². The van der Waals surface area contributed by atoms with Crippen LogP contribution in [0.2, 0.25) is 10.0 Å². The number of amides is 1. The predicted molar refractivity (Wildman–Crippen MR) is 84.8 cm³/mol. The topological polar surface area (TPSA) is 34.0 Å². The van der Waals surface area contributed by atoms with Crippen LogP contribution in [-0.4, -0.2) is 10.5 Å². The summed E-state index contributed by atoms with van der Waals surface area (Å²) in [5.41, 5.74) is 1.27. The second kappa shape index (κ2) is 5.43. The zero-order valence-corrected chi connectivity index (χ0v) is 13.5. The van der Waals surface area contributed by atoms with Gasteiger partial charge in [-0.3, -0.25) is 4.79 Å². The van der Waals surface area contributed by atoms with Crippen molar-refractivity contribution in [3.05, 3.63) is 50.7 Å². The van der Waals surface area contributed by atoms with Crippen molar-refractivity contribution in [2.45, 2.75) is 18.9 Å². The maximum atomic E-state index is 12.3. The van der Waals surface area contributed by atoms with Gasteiger partial charge in [-0.15, -0.1) is 0 Å². The molecule has 2 aromatic rings. The Morgan fingerprint density at radius 3 is 2.65 bits per heavy atom. The Bertz CT molecular complexity index is 680. The first-order valence-electron chi connectivity index (χ1n) is 6.18. The van der Waals surface area contributed by atoms with Gasteiger partial charge < -0.3 is 9.88 Å². The highest BCUT2D eigenvalue weighted by Crippen LogP contribution is 2.37. The van der Waals surface area contributed by atoms with E-state index in [-0.39, 0.29) is 5.91 Å². The summed E-state index contributed by atoms with van der Waals surface area (Å²) in [6, 6.07) is 7.30. The molecule has 1 saturated carbocycles. The SMILES string of the molecule is O=C(Nc1ccc(Cl)c(Cl)c1)c1cc(Br)cn1C1CC1. The molecule has 0 spiro atoms. The molecule has 1 heterocycles. The van der Waals surface area contributed by atoms with Crippen LogP contribution < -0.4 is 5.32 Å². The van der Waals surface area contributed by atoms with Gasteiger partial charge in [0.2, 0.25) is 0 Å². The molecule has 1 amide bonds. The summed E-state index contributed by atoms with van der Waals surface area (Å²) in [6.45, 7) is 0. The van der Waals surface area contributed by atoms with Crippen LogP contribution >= 0.6 is 39.1 Å². The first kappa shape index (κ1) is 14.0. The smallest absolute Gasteiger partial charge is 0.272 e. The van der Waals surface area contributed by atoms with Gasteiger partial charge in [-0.05, 0) is 53.0 Å². The van der Waals surface area contributed by atoms with E-state index < -0.39 is 0 Å². The summed E-state index contributed by atoms with van der Waals surface area (Å²) in [5.74, 6) is -0.152. The second-order valence-electron chi connectivity index (χ2n) is 4.77. The lowest BCUT2D eigenvalue weighted by atomic mass is 10.3. The van der Waals surface area contributed by atoms with Crippen LogP contribution in [0.25, 0.3) is 0 Å². The van der Waals surface area contributed by atoms with Crippen molar-refractivity contribution in [2.75, 3.05) is 5.32 Å². The zero-order chi connectivity index (χ0) is 14.3. The number of hydrogen-bond acceptors (Lipinski definition) is 1. The average molecular weight is 374 g/mol. The third-order valence-corrected chi connectivity index (χ3v) is 4.34. The van der Waals surface area contributed by atoms with E-state index in [1.54, 1.807) is 18.2 Å². The van der Waals surface area contributed by atoms with E-state index in [1.807, 2.05) is 16.8 Å². The molecule has 1 aromatic heterocycles. The molecule has 1 fully saturated rings. The normalized spacial score (nSPS) is 14.3. The van der Waals surface area contributed by atoms with Crippen molar-refractivity contribution in [1.29, 1.82) is 0 Å². The van der Waals surface area contributed by atoms with Crippen LogP contribution in [-0.2, 0) is 0 Å². The van der Waals surface area contributed by atoms with Crippen molar-refractivity contribution in [2.24, 2.45) is 0 Å². The molecule has 3 rings (SSSR count). The lowest BCUT2D eigenvalue weighted by Gasteiger charge is -2.09. The Balaban J connectivity index is 1.84. The molecule has 0 saturated heterocycles. The van der Waals surface area contributed by atoms with Crippen LogP contribution in [0.1, 0.15) is 29.4 Å². The second-order valence-corrected chi connectivity index (χ2v) is 6.50. The van der Waals surface area contributed by atoms with Crippen LogP contribution in [0, 0.1) is 0 Å². The highest BCUT2D eigenvalue weighted by Gasteiger charge is 2.27. The Hall–Kier alpha value is -0.970. The molecular formula is C14H11BrCl2N2O. The lowest BCUT2D eigenvalue weighted by molar-refractivity contribution is 0.101. The number of halogens is 3. The Labute approximate surface area is 135 Å². The number of nitrogens with one attached hydrogen (secondary N) is 1. The van der Waals surface area contributed by atoms with Crippen molar-refractivity contribution in [3.63, 3.8) is 0 Å². The standard InChI is InChI=1S/C14H11BrCl2N2O/c15-8-5-13(19(7-8)10-2-3-10)14(20)18-9-1-4-11(16)12(17)6-9/h1,4-7,10H,2-3H2,(H,18,20).